The summed E-state index contributed by atoms with van der Waals surface area (Å²) in [4.78, 5) is 11.9. The highest BCUT2D eigenvalue weighted by Crippen LogP contribution is 2.38. The first-order chi connectivity index (χ1) is 8.80. The van der Waals surface area contributed by atoms with Gasteiger partial charge >= 0.3 is 6.18 Å². The highest BCUT2D eigenvalue weighted by molar-refractivity contribution is 5.84. The maximum Gasteiger partial charge on any atom is 0.416 e. The first-order valence-electron chi connectivity index (χ1n) is 5.71. The van der Waals surface area contributed by atoms with Gasteiger partial charge in [-0.25, -0.2) is 5.84 Å². The quantitative estimate of drug-likeness (QED) is 0.598. The number of hydrazine groups is 1. The predicted octanol–water partition coefficient (Wildman–Crippen LogP) is 1.26. The largest absolute Gasteiger partial charge is 0.416 e. The van der Waals surface area contributed by atoms with Gasteiger partial charge in [0.05, 0.1) is 24.1 Å². The van der Waals surface area contributed by atoms with Crippen LogP contribution in [-0.4, -0.2) is 28.7 Å². The summed E-state index contributed by atoms with van der Waals surface area (Å²) in [5, 5.41) is 10.3. The van der Waals surface area contributed by atoms with Crippen LogP contribution in [0.2, 0.25) is 0 Å². The minimum atomic E-state index is -4.54. The molecule has 2 rings (SSSR count). The fraction of sp³-hybridized carbons (Fsp3) is 0.417. The molecule has 3 N–H and O–H groups in total. The summed E-state index contributed by atoms with van der Waals surface area (Å²) in [6.45, 7) is -0.0660. The van der Waals surface area contributed by atoms with E-state index in [2.05, 4.69) is 0 Å². The Hall–Kier alpha value is -1.60. The van der Waals surface area contributed by atoms with Gasteiger partial charge < -0.3 is 5.11 Å². The number of benzene rings is 1. The highest BCUT2D eigenvalue weighted by Gasteiger charge is 2.40. The molecule has 0 saturated carbocycles. The standard InChI is InChI=1S/C12H13F3N2O2/c13-12(14,15)10-4-2-1-3-8(10)9-5-7(18)6-17(16)11(9)19/h1-4,7,9,18H,5-6,16H2. The van der Waals surface area contributed by atoms with Gasteiger partial charge in [-0.15, -0.1) is 0 Å². The van der Waals surface area contributed by atoms with Crippen LogP contribution in [0, 0.1) is 0 Å². The molecule has 1 aliphatic heterocycles. The number of alkyl halides is 3. The van der Waals surface area contributed by atoms with Crippen LogP contribution in [0.25, 0.3) is 0 Å². The molecule has 1 aliphatic rings. The maximum absolute atomic E-state index is 12.9. The monoisotopic (exact) mass is 274 g/mol. The van der Waals surface area contributed by atoms with Crippen molar-refractivity contribution in [2.75, 3.05) is 6.54 Å². The Bertz CT molecular complexity index is 490. The number of nitrogens with two attached hydrogens (primary N) is 1. The van der Waals surface area contributed by atoms with Crippen LogP contribution in [0.1, 0.15) is 23.5 Å². The van der Waals surface area contributed by atoms with Crippen molar-refractivity contribution >= 4 is 5.91 Å². The lowest BCUT2D eigenvalue weighted by molar-refractivity contribution is -0.142. The molecule has 0 aromatic heterocycles. The number of hydrogen-bond donors (Lipinski definition) is 2. The summed E-state index contributed by atoms with van der Waals surface area (Å²) in [7, 11) is 0. The van der Waals surface area contributed by atoms with Gasteiger partial charge in [0.1, 0.15) is 0 Å². The molecule has 0 spiro atoms. The van der Waals surface area contributed by atoms with Gasteiger partial charge in [0.15, 0.2) is 0 Å². The van der Waals surface area contributed by atoms with Crippen LogP contribution in [-0.2, 0) is 11.0 Å². The lowest BCUT2D eigenvalue weighted by Crippen LogP contribution is -2.50. The zero-order valence-corrected chi connectivity index (χ0v) is 9.89. The van der Waals surface area contributed by atoms with Crippen molar-refractivity contribution in [3.8, 4) is 0 Å². The van der Waals surface area contributed by atoms with Crippen molar-refractivity contribution < 1.29 is 23.1 Å². The molecule has 2 unspecified atom stereocenters. The minimum absolute atomic E-state index is 0.0559. The van der Waals surface area contributed by atoms with E-state index in [1.165, 1.54) is 18.2 Å². The molecule has 2 atom stereocenters. The van der Waals surface area contributed by atoms with E-state index in [1.54, 1.807) is 0 Å². The zero-order valence-electron chi connectivity index (χ0n) is 9.89. The van der Waals surface area contributed by atoms with Gasteiger partial charge in [0, 0.05) is 0 Å². The molecule has 0 bridgehead atoms. The Morgan fingerprint density at radius 2 is 1.95 bits per heavy atom. The molecule has 1 fully saturated rings. The van der Waals surface area contributed by atoms with E-state index in [0.717, 1.165) is 11.1 Å². The number of aliphatic hydroxyl groups excluding tert-OH is 1. The molecule has 7 heteroatoms. The first-order valence-corrected chi connectivity index (χ1v) is 5.71. The molecular weight excluding hydrogens is 261 g/mol. The van der Waals surface area contributed by atoms with E-state index in [9.17, 15) is 23.1 Å². The summed E-state index contributed by atoms with van der Waals surface area (Å²) in [6, 6.07) is 4.86. The van der Waals surface area contributed by atoms with Gasteiger partial charge in [-0.3, -0.25) is 9.80 Å². The van der Waals surface area contributed by atoms with E-state index in [-0.39, 0.29) is 18.5 Å². The van der Waals surface area contributed by atoms with Crippen LogP contribution >= 0.6 is 0 Å². The number of carbonyl (C=O) groups excluding carboxylic acids is 1. The molecule has 4 nitrogen and oxygen atoms in total. The Kier molecular flexibility index (Phi) is 3.51. The van der Waals surface area contributed by atoms with E-state index < -0.39 is 29.7 Å². The van der Waals surface area contributed by atoms with Crippen molar-refractivity contribution in [2.24, 2.45) is 5.84 Å². The second kappa shape index (κ2) is 4.82. The van der Waals surface area contributed by atoms with Gasteiger partial charge in [-0.05, 0) is 18.1 Å². The molecule has 0 aliphatic carbocycles. The number of nitrogens with zero attached hydrogens (tertiary/aromatic N) is 1. The molecule has 1 aromatic carbocycles. The number of halogens is 3. The average Bonchev–Trinajstić information content (AvgIpc) is 2.33. The number of β-amino-alcohol motifs (C(OH)–C–C–N with tert-alkyl or cyclic N) is 1. The summed E-state index contributed by atoms with van der Waals surface area (Å²) in [6.07, 6.45) is -5.52. The third kappa shape index (κ3) is 2.71. The number of carbonyl (C=O) groups is 1. The van der Waals surface area contributed by atoms with Gasteiger partial charge in [0.2, 0.25) is 5.91 Å². The summed E-state index contributed by atoms with van der Waals surface area (Å²) < 4.78 is 38.7. The smallest absolute Gasteiger partial charge is 0.391 e. The lowest BCUT2D eigenvalue weighted by Gasteiger charge is -2.33. The normalized spacial score (nSPS) is 24.7. The summed E-state index contributed by atoms with van der Waals surface area (Å²) in [5.74, 6) is 3.73. The fourth-order valence-corrected chi connectivity index (χ4v) is 2.28. The summed E-state index contributed by atoms with van der Waals surface area (Å²) >= 11 is 0. The molecule has 1 saturated heterocycles. The van der Waals surface area contributed by atoms with Crippen molar-refractivity contribution in [3.05, 3.63) is 35.4 Å². The van der Waals surface area contributed by atoms with E-state index in [0.29, 0.717) is 0 Å². The van der Waals surface area contributed by atoms with Crippen molar-refractivity contribution in [2.45, 2.75) is 24.6 Å². The number of hydrogen-bond acceptors (Lipinski definition) is 3. The molecule has 1 heterocycles. The third-order valence-corrected chi connectivity index (χ3v) is 3.14. The Labute approximate surface area is 107 Å². The number of piperidine rings is 1. The van der Waals surface area contributed by atoms with Crippen molar-refractivity contribution in [1.82, 2.24) is 5.01 Å². The molecule has 0 radical (unpaired) electrons. The highest BCUT2D eigenvalue weighted by atomic mass is 19.4. The third-order valence-electron chi connectivity index (χ3n) is 3.14. The van der Waals surface area contributed by atoms with Crippen molar-refractivity contribution in [3.63, 3.8) is 0 Å². The summed E-state index contributed by atoms with van der Waals surface area (Å²) in [5.41, 5.74) is -1.01. The zero-order chi connectivity index (χ0) is 14.2. The Balaban J connectivity index is 2.44. The number of aliphatic hydroxyl groups is 1. The van der Waals surface area contributed by atoms with E-state index in [4.69, 9.17) is 5.84 Å². The number of amides is 1. The molecule has 104 valence electrons. The van der Waals surface area contributed by atoms with Crippen LogP contribution in [0.3, 0.4) is 0 Å². The van der Waals surface area contributed by atoms with E-state index >= 15 is 0 Å². The fourth-order valence-electron chi connectivity index (χ4n) is 2.28. The van der Waals surface area contributed by atoms with Gasteiger partial charge in [-0.2, -0.15) is 13.2 Å². The SMILES string of the molecule is NN1CC(O)CC(c2ccccc2C(F)(F)F)C1=O. The maximum atomic E-state index is 12.9. The lowest BCUT2D eigenvalue weighted by atomic mass is 9.86. The molecule has 19 heavy (non-hydrogen) atoms. The minimum Gasteiger partial charge on any atom is -0.391 e. The topological polar surface area (TPSA) is 66.6 Å². The van der Waals surface area contributed by atoms with Crippen molar-refractivity contribution in [1.29, 1.82) is 0 Å². The van der Waals surface area contributed by atoms with Crippen LogP contribution in [0.4, 0.5) is 13.2 Å². The van der Waals surface area contributed by atoms with Crippen LogP contribution in [0.15, 0.2) is 24.3 Å². The molecule has 1 aromatic rings. The predicted molar refractivity (Wildman–Crippen MR) is 60.7 cm³/mol. The van der Waals surface area contributed by atoms with Gasteiger partial charge in [0.25, 0.3) is 0 Å². The molecular formula is C12H13F3N2O2. The number of rotatable bonds is 1. The molecule has 1 amide bonds. The Morgan fingerprint density at radius 3 is 2.58 bits per heavy atom. The van der Waals surface area contributed by atoms with Gasteiger partial charge in [-0.1, -0.05) is 18.2 Å². The van der Waals surface area contributed by atoms with E-state index in [1.807, 2.05) is 0 Å². The average molecular weight is 274 g/mol. The van der Waals surface area contributed by atoms with Crippen LogP contribution in [0.5, 0.6) is 0 Å². The first kappa shape index (κ1) is 13.8. The van der Waals surface area contributed by atoms with Crippen LogP contribution < -0.4 is 5.84 Å². The second-order valence-corrected chi connectivity index (χ2v) is 4.52. The Morgan fingerprint density at radius 1 is 1.32 bits per heavy atom. The second-order valence-electron chi connectivity index (χ2n) is 4.52.